The first-order chi connectivity index (χ1) is 6.41. The fourth-order valence-corrected chi connectivity index (χ4v) is 0.385. The molecule has 1 N–H and O–H groups in total. The number of hydrogen-bond acceptors (Lipinski definition) is 2. The molecule has 78 valence electrons. The number of halogens is 2. The molecular formula is C9H16I2O2. The molecule has 0 saturated heterocycles. The van der Waals surface area contributed by atoms with E-state index >= 15 is 0 Å². The summed E-state index contributed by atoms with van der Waals surface area (Å²) in [5.74, 6) is 0. The van der Waals surface area contributed by atoms with E-state index in [1.807, 2.05) is 50.2 Å². The maximum atomic E-state index is 7.07. The summed E-state index contributed by atoms with van der Waals surface area (Å²) in [7, 11) is 1.18. The van der Waals surface area contributed by atoms with Crippen molar-refractivity contribution >= 4 is 37.2 Å². The highest BCUT2D eigenvalue weighted by atomic mass is 128. The summed E-state index contributed by atoms with van der Waals surface area (Å²) in [6, 6.07) is 12.0. The largest absolute Gasteiger partial charge is 0.252 e. The molecule has 1 aromatic carbocycles. The van der Waals surface area contributed by atoms with Crippen LogP contribution in [0.25, 0.3) is 0 Å². The Hall–Kier alpha value is 0.600. The van der Waals surface area contributed by atoms with Gasteiger partial charge in [0.15, 0.2) is 0 Å². The van der Waals surface area contributed by atoms with Gasteiger partial charge in [0.25, 0.3) is 0 Å². The van der Waals surface area contributed by atoms with E-state index in [0.717, 1.165) is 0 Å². The molecule has 0 bridgehead atoms. The van der Waals surface area contributed by atoms with Gasteiger partial charge in [-0.25, -0.2) is 4.89 Å². The maximum absolute atomic E-state index is 7.07. The molecule has 1 rings (SSSR count). The van der Waals surface area contributed by atoms with Gasteiger partial charge in [-0.15, -0.1) is 0 Å². The Bertz CT molecular complexity index is 98.5. The van der Waals surface area contributed by atoms with Gasteiger partial charge < -0.3 is 0 Å². The summed E-state index contributed by atoms with van der Waals surface area (Å²) < 4.78 is 0. The van der Waals surface area contributed by atoms with Crippen LogP contribution < -0.4 is 0 Å². The van der Waals surface area contributed by atoms with E-state index < -0.39 is 0 Å². The Kier molecular flexibility index (Phi) is 43.4. The molecule has 13 heavy (non-hydrogen) atoms. The monoisotopic (exact) mass is 410 g/mol. The molecule has 0 aromatic heterocycles. The van der Waals surface area contributed by atoms with Crippen LogP contribution in [0.3, 0.4) is 0 Å². The fraction of sp³-hybridized carbons (Fsp3) is 0.333. The van der Waals surface area contributed by atoms with Gasteiger partial charge >= 0.3 is 0 Å². The van der Waals surface area contributed by atoms with Crippen molar-refractivity contribution in [2.24, 2.45) is 0 Å². The third-order valence-electron chi connectivity index (χ3n) is 0.667. The standard InChI is InChI=1S/C6H6.C2H6.CH4O2.I2/c1-2-4-6-5-3-1;1-2;1-3-2;1-2/h1-6H;1-2H3;2H,1H3;. The lowest BCUT2D eigenvalue weighted by molar-refractivity contribution is -0.214. The lowest BCUT2D eigenvalue weighted by Gasteiger charge is -1.69. The van der Waals surface area contributed by atoms with Crippen LogP contribution in [0, 0.1) is 0 Å². The summed E-state index contributed by atoms with van der Waals surface area (Å²) in [5, 5.41) is 7.07. The molecule has 0 radical (unpaired) electrons. The van der Waals surface area contributed by atoms with Crippen molar-refractivity contribution < 1.29 is 10.1 Å². The van der Waals surface area contributed by atoms with Gasteiger partial charge in [-0.1, -0.05) is 50.2 Å². The van der Waals surface area contributed by atoms with Gasteiger partial charge in [0.2, 0.25) is 0 Å². The highest BCUT2D eigenvalue weighted by molar-refractivity contribution is 15.0. The van der Waals surface area contributed by atoms with E-state index in [9.17, 15) is 0 Å². The number of benzene rings is 1. The Morgan fingerprint density at radius 1 is 0.846 bits per heavy atom. The number of rotatable bonds is 0. The summed E-state index contributed by atoms with van der Waals surface area (Å²) in [6.45, 7) is 4.00. The third kappa shape index (κ3) is 32.5. The molecule has 0 spiro atoms. The molecule has 0 heterocycles. The number of hydrogen-bond donors (Lipinski definition) is 1. The minimum Gasteiger partial charge on any atom is -0.252 e. The summed E-state index contributed by atoms with van der Waals surface area (Å²) >= 11 is 4.24. The van der Waals surface area contributed by atoms with Crippen LogP contribution in [0.1, 0.15) is 13.8 Å². The van der Waals surface area contributed by atoms with Gasteiger partial charge in [-0.2, -0.15) is 0 Å². The highest BCUT2D eigenvalue weighted by Crippen LogP contribution is 1.89. The molecule has 0 aliphatic carbocycles. The average Bonchev–Trinajstić information content (AvgIpc) is 2.27. The van der Waals surface area contributed by atoms with Gasteiger partial charge in [0.05, 0.1) is 7.11 Å². The first kappa shape index (κ1) is 19.2. The molecule has 0 aliphatic heterocycles. The molecule has 0 saturated carbocycles. The van der Waals surface area contributed by atoms with Crippen LogP contribution in [0.15, 0.2) is 36.4 Å². The predicted molar refractivity (Wildman–Crippen MR) is 75.5 cm³/mol. The van der Waals surface area contributed by atoms with Crippen molar-refractivity contribution in [2.75, 3.05) is 7.11 Å². The zero-order valence-corrected chi connectivity index (χ0v) is 12.4. The second-order valence-electron chi connectivity index (χ2n) is 1.34. The van der Waals surface area contributed by atoms with Gasteiger partial charge in [-0.05, 0) is 0 Å². The first-order valence-corrected chi connectivity index (χ1v) is 10.0. The minimum absolute atomic E-state index is 1.18. The first-order valence-electron chi connectivity index (χ1n) is 3.73. The van der Waals surface area contributed by atoms with E-state index in [4.69, 9.17) is 5.26 Å². The Balaban J connectivity index is -0.000000124. The predicted octanol–water partition coefficient (Wildman–Crippen LogP) is 4.59. The third-order valence-corrected chi connectivity index (χ3v) is 0.667. The lowest BCUT2D eigenvalue weighted by Crippen LogP contribution is -1.57. The van der Waals surface area contributed by atoms with Crippen LogP contribution >= 0.6 is 37.2 Å². The zero-order chi connectivity index (χ0) is 10.9. The Labute approximate surface area is 104 Å². The topological polar surface area (TPSA) is 29.5 Å². The normalized spacial score (nSPS) is 6.00. The van der Waals surface area contributed by atoms with E-state index in [-0.39, 0.29) is 0 Å². The van der Waals surface area contributed by atoms with Crippen LogP contribution in [-0.2, 0) is 4.89 Å². The molecule has 1 aromatic rings. The Morgan fingerprint density at radius 3 is 1.00 bits per heavy atom. The van der Waals surface area contributed by atoms with E-state index in [1.54, 1.807) is 0 Å². The van der Waals surface area contributed by atoms with Crippen LogP contribution in [-0.4, -0.2) is 12.4 Å². The highest BCUT2D eigenvalue weighted by Gasteiger charge is 1.57. The van der Waals surface area contributed by atoms with E-state index in [1.165, 1.54) is 7.11 Å². The summed E-state index contributed by atoms with van der Waals surface area (Å²) in [4.78, 5) is 3.25. The molecule has 4 heteroatoms. The van der Waals surface area contributed by atoms with Crippen LogP contribution in [0.2, 0.25) is 0 Å². The molecule has 0 atom stereocenters. The van der Waals surface area contributed by atoms with Crippen molar-refractivity contribution in [1.29, 1.82) is 0 Å². The smallest absolute Gasteiger partial charge is 0.0710 e. The van der Waals surface area contributed by atoms with Crippen LogP contribution in [0.5, 0.6) is 0 Å². The van der Waals surface area contributed by atoms with Crippen molar-refractivity contribution in [2.45, 2.75) is 13.8 Å². The summed E-state index contributed by atoms with van der Waals surface area (Å²) in [5.41, 5.74) is 0. The van der Waals surface area contributed by atoms with Gasteiger partial charge in [-0.3, -0.25) is 5.26 Å². The van der Waals surface area contributed by atoms with Crippen molar-refractivity contribution in [3.05, 3.63) is 36.4 Å². The SMILES string of the molecule is CC.COO.II.c1ccccc1. The summed E-state index contributed by atoms with van der Waals surface area (Å²) in [6.07, 6.45) is 0. The maximum Gasteiger partial charge on any atom is 0.0710 e. The lowest BCUT2D eigenvalue weighted by atomic mass is 10.4. The van der Waals surface area contributed by atoms with Gasteiger partial charge in [0.1, 0.15) is 0 Å². The van der Waals surface area contributed by atoms with Crippen molar-refractivity contribution in [3.8, 4) is 0 Å². The van der Waals surface area contributed by atoms with Crippen LogP contribution in [0.4, 0.5) is 0 Å². The molecule has 2 nitrogen and oxygen atoms in total. The van der Waals surface area contributed by atoms with E-state index in [0.29, 0.717) is 0 Å². The quantitative estimate of drug-likeness (QED) is 0.385. The van der Waals surface area contributed by atoms with E-state index in [2.05, 4.69) is 42.1 Å². The minimum atomic E-state index is 1.18. The fourth-order valence-electron chi connectivity index (χ4n) is 0.385. The van der Waals surface area contributed by atoms with Crippen molar-refractivity contribution in [3.63, 3.8) is 0 Å². The molecule has 0 amide bonds. The van der Waals surface area contributed by atoms with Gasteiger partial charge in [0, 0.05) is 37.2 Å². The zero-order valence-electron chi connectivity index (χ0n) is 8.08. The average molecular weight is 410 g/mol. The second-order valence-corrected chi connectivity index (χ2v) is 1.34. The molecule has 0 fully saturated rings. The Morgan fingerprint density at radius 2 is 0.923 bits per heavy atom. The molecular weight excluding hydrogens is 394 g/mol. The second kappa shape index (κ2) is 29.4. The molecule has 0 aliphatic rings. The van der Waals surface area contributed by atoms with Crippen molar-refractivity contribution in [1.82, 2.24) is 0 Å². The molecule has 0 unspecified atom stereocenters.